The van der Waals surface area contributed by atoms with Gasteiger partial charge < -0.3 is 0 Å². The molecular formula is C8H21Al2. The van der Waals surface area contributed by atoms with Gasteiger partial charge in [-0.1, -0.05) is 39.5 Å². The molecule has 0 aliphatic heterocycles. The number of rotatable bonds is 5. The van der Waals surface area contributed by atoms with E-state index in [1.165, 1.54) is 23.4 Å². The zero-order valence-electron chi connectivity index (χ0n) is 6.98. The Balaban J connectivity index is 0. The van der Waals surface area contributed by atoms with Gasteiger partial charge in [-0.2, -0.15) is 0 Å². The molecule has 59 valence electrons. The molecular weight excluding hydrogens is 150 g/mol. The van der Waals surface area contributed by atoms with Crippen molar-refractivity contribution in [3.63, 3.8) is 0 Å². The van der Waals surface area contributed by atoms with E-state index in [1.807, 2.05) is 0 Å². The van der Waals surface area contributed by atoms with E-state index in [1.54, 1.807) is 0 Å². The second-order valence-electron chi connectivity index (χ2n) is 3.06. The van der Waals surface area contributed by atoms with Gasteiger partial charge in [0.15, 0.2) is 32.6 Å². The molecule has 0 bridgehead atoms. The lowest BCUT2D eigenvalue weighted by molar-refractivity contribution is 0.726. The molecule has 0 nitrogen and oxygen atoms in total. The van der Waals surface area contributed by atoms with Gasteiger partial charge in [0.2, 0.25) is 0 Å². The van der Waals surface area contributed by atoms with Gasteiger partial charge in [0.25, 0.3) is 0 Å². The molecule has 0 unspecified atom stereocenters. The Labute approximate surface area is 82.6 Å². The summed E-state index contributed by atoms with van der Waals surface area (Å²) in [7, 11) is 0. The van der Waals surface area contributed by atoms with Gasteiger partial charge in [0.1, 0.15) is 0 Å². The van der Waals surface area contributed by atoms with E-state index >= 15 is 0 Å². The first kappa shape index (κ1) is 13.6. The van der Waals surface area contributed by atoms with Crippen LogP contribution in [0.3, 0.4) is 0 Å². The minimum Gasteiger partial charge on any atom is -0.104 e. The second kappa shape index (κ2) is 10.1. The number of hydrogen-bond donors (Lipinski definition) is 0. The summed E-state index contributed by atoms with van der Waals surface area (Å²) in [6.07, 6.45) is 2.84. The summed E-state index contributed by atoms with van der Waals surface area (Å²) in [5.74, 6) is 0.942. The van der Waals surface area contributed by atoms with Gasteiger partial charge in [-0.3, -0.25) is 0 Å². The van der Waals surface area contributed by atoms with Crippen molar-refractivity contribution in [2.24, 2.45) is 5.92 Å². The molecule has 0 heterocycles. The van der Waals surface area contributed by atoms with Crippen molar-refractivity contribution in [2.75, 3.05) is 0 Å². The molecule has 0 saturated carbocycles. The van der Waals surface area contributed by atoms with E-state index < -0.39 is 0 Å². The van der Waals surface area contributed by atoms with Crippen LogP contribution in [-0.4, -0.2) is 32.6 Å². The third-order valence-corrected chi connectivity index (χ3v) is 3.49. The van der Waals surface area contributed by atoms with Crippen LogP contribution in [0.15, 0.2) is 0 Å². The highest BCUT2D eigenvalue weighted by molar-refractivity contribution is 6.35. The average Bonchev–Trinajstić information content (AvgIpc) is 1.80. The largest absolute Gasteiger partial charge is 0.200 e. The van der Waals surface area contributed by atoms with Gasteiger partial charge in [-0.05, 0) is 0 Å². The topological polar surface area (TPSA) is 0 Å². The molecule has 0 spiro atoms. The fourth-order valence-corrected chi connectivity index (χ4v) is 2.40. The van der Waals surface area contributed by atoms with Crippen molar-refractivity contribution < 1.29 is 0 Å². The highest BCUT2D eigenvalue weighted by Crippen LogP contribution is 2.03. The van der Waals surface area contributed by atoms with Crippen molar-refractivity contribution in [3.05, 3.63) is 0 Å². The molecule has 0 fully saturated rings. The zero-order chi connectivity index (χ0) is 7.11. The summed E-state index contributed by atoms with van der Waals surface area (Å²) in [5, 5.41) is 3.02. The monoisotopic (exact) mass is 171 g/mol. The molecule has 0 atom stereocenters. The van der Waals surface area contributed by atoms with Gasteiger partial charge in [-0.25, -0.2) is 0 Å². The molecule has 0 rings (SSSR count). The summed E-state index contributed by atoms with van der Waals surface area (Å²) in [5.41, 5.74) is 0. The summed E-state index contributed by atoms with van der Waals surface area (Å²) < 4.78 is 0. The Bertz CT molecular complexity index is 53.2. The first-order chi connectivity index (χ1) is 4.27. The van der Waals surface area contributed by atoms with Crippen LogP contribution in [0.2, 0.25) is 10.6 Å². The van der Waals surface area contributed by atoms with Crippen LogP contribution in [0.4, 0.5) is 0 Å². The Hall–Kier alpha value is 1.06. The first-order valence-electron chi connectivity index (χ1n) is 4.09. The van der Waals surface area contributed by atoms with Crippen molar-refractivity contribution >= 4 is 32.6 Å². The lowest BCUT2D eigenvalue weighted by Crippen LogP contribution is -1.94. The third kappa shape index (κ3) is 11.8. The Morgan fingerprint density at radius 2 is 1.90 bits per heavy atom. The summed E-state index contributed by atoms with van der Waals surface area (Å²) in [4.78, 5) is 0. The highest BCUT2D eigenvalue weighted by Gasteiger charge is 1.94. The smallest absolute Gasteiger partial charge is 0.104 e. The van der Waals surface area contributed by atoms with Gasteiger partial charge in [0.05, 0.1) is 0 Å². The van der Waals surface area contributed by atoms with E-state index in [9.17, 15) is 0 Å². The van der Waals surface area contributed by atoms with Crippen LogP contribution in [0.5, 0.6) is 0 Å². The van der Waals surface area contributed by atoms with Crippen LogP contribution in [0.25, 0.3) is 0 Å². The van der Waals surface area contributed by atoms with Crippen LogP contribution < -0.4 is 0 Å². The van der Waals surface area contributed by atoms with Crippen LogP contribution in [0, 0.1) is 5.92 Å². The molecule has 0 saturated heterocycles. The Morgan fingerprint density at radius 1 is 1.30 bits per heavy atom. The third-order valence-electron chi connectivity index (χ3n) is 1.40. The van der Waals surface area contributed by atoms with E-state index in [0.29, 0.717) is 0 Å². The molecule has 0 aromatic carbocycles. The zero-order valence-corrected chi connectivity index (χ0v) is 8.14. The maximum atomic E-state index is 2.32. The molecule has 0 aliphatic carbocycles. The summed E-state index contributed by atoms with van der Waals surface area (Å²) >= 11 is 0.786. The van der Waals surface area contributed by atoms with E-state index in [2.05, 4.69) is 20.8 Å². The van der Waals surface area contributed by atoms with Gasteiger partial charge in [-0.15, -0.1) is 10.6 Å². The fraction of sp³-hybridized carbons (Fsp3) is 1.00. The minimum absolute atomic E-state index is 0. The minimum atomic E-state index is 0. The van der Waals surface area contributed by atoms with E-state index in [4.69, 9.17) is 0 Å². The van der Waals surface area contributed by atoms with Crippen molar-refractivity contribution in [1.82, 2.24) is 0 Å². The molecule has 1 radical (unpaired) electrons. The van der Waals surface area contributed by atoms with E-state index in [-0.39, 0.29) is 17.4 Å². The summed E-state index contributed by atoms with van der Waals surface area (Å²) in [6, 6.07) is 0. The van der Waals surface area contributed by atoms with Gasteiger partial charge in [0, 0.05) is 0 Å². The number of unbranched alkanes of at least 4 members (excludes halogenated alkanes) is 1. The first-order valence-corrected chi connectivity index (χ1v) is 5.72. The lowest BCUT2D eigenvalue weighted by atomic mass is 10.3. The standard InChI is InChI=1S/2C4H9.2Al.3H/c1-4(2)3;1-3-4-2;;;;;/h4H,1H2,2-3H3;1,3-4H2,2H3;;;;;. The molecule has 0 aromatic rings. The maximum absolute atomic E-state index is 2.32. The van der Waals surface area contributed by atoms with Crippen LogP contribution in [-0.2, 0) is 0 Å². The van der Waals surface area contributed by atoms with Crippen molar-refractivity contribution in [2.45, 2.75) is 44.2 Å². The Morgan fingerprint density at radius 3 is 2.30 bits per heavy atom. The lowest BCUT2D eigenvalue weighted by Gasteiger charge is -2.00. The quantitative estimate of drug-likeness (QED) is 0.437. The highest BCUT2D eigenvalue weighted by atomic mass is 27.1. The average molecular weight is 171 g/mol. The Kier molecular flexibility index (Phi) is 13.7. The fourth-order valence-electron chi connectivity index (χ4n) is 0.800. The summed E-state index contributed by atoms with van der Waals surface area (Å²) in [6.45, 7) is 6.91. The molecule has 10 heavy (non-hydrogen) atoms. The maximum Gasteiger partial charge on any atom is 0.200 e. The second-order valence-corrected chi connectivity index (χ2v) is 4.69. The van der Waals surface area contributed by atoms with E-state index in [0.717, 1.165) is 21.1 Å². The molecule has 2 heteroatoms. The van der Waals surface area contributed by atoms with Gasteiger partial charge >= 0.3 is 0 Å². The molecule has 0 amide bonds. The predicted octanol–water partition coefficient (Wildman–Crippen LogP) is 1.80. The van der Waals surface area contributed by atoms with Crippen LogP contribution in [0.1, 0.15) is 33.6 Å². The molecule has 0 aliphatic rings. The SMILES string of the molecule is CCC[CH2][Al][CH2]C(C)C.[AlH3]. The van der Waals surface area contributed by atoms with Crippen molar-refractivity contribution in [3.8, 4) is 0 Å². The molecule has 0 N–H and O–H groups in total. The number of hydrogen-bond acceptors (Lipinski definition) is 0. The molecule has 0 aromatic heterocycles. The van der Waals surface area contributed by atoms with Crippen LogP contribution >= 0.6 is 0 Å². The predicted molar refractivity (Wildman–Crippen MR) is 55.1 cm³/mol. The van der Waals surface area contributed by atoms with Crippen molar-refractivity contribution in [1.29, 1.82) is 0 Å². The normalized spacial score (nSPS) is 9.20.